The van der Waals surface area contributed by atoms with Crippen molar-refractivity contribution in [3.05, 3.63) is 27.2 Å². The molecule has 0 unspecified atom stereocenters. The molecule has 0 amide bonds. The number of aromatic amines is 1. The molecule has 1 aliphatic rings. The lowest BCUT2D eigenvalue weighted by Crippen LogP contribution is -2.23. The molecule has 0 radical (unpaired) electrons. The number of hydrogen-bond donors (Lipinski definition) is 1. The lowest BCUT2D eigenvalue weighted by atomic mass is 9.75. The van der Waals surface area contributed by atoms with Gasteiger partial charge in [0.1, 0.15) is 5.82 Å². The van der Waals surface area contributed by atoms with Crippen molar-refractivity contribution in [1.29, 1.82) is 0 Å². The predicted octanol–water partition coefficient (Wildman–Crippen LogP) is 5.74. The van der Waals surface area contributed by atoms with Crippen molar-refractivity contribution < 1.29 is 4.39 Å². The van der Waals surface area contributed by atoms with Gasteiger partial charge in [-0.3, -0.25) is 0 Å². The van der Waals surface area contributed by atoms with Crippen molar-refractivity contribution in [2.24, 2.45) is 5.41 Å². The fourth-order valence-corrected chi connectivity index (χ4v) is 3.81. The number of imidazole rings is 1. The van der Waals surface area contributed by atoms with Crippen LogP contribution in [0.5, 0.6) is 0 Å². The summed E-state index contributed by atoms with van der Waals surface area (Å²) in [5, 5.41) is 0. The van der Waals surface area contributed by atoms with Crippen LogP contribution in [0, 0.1) is 16.0 Å². The molecule has 5 heteroatoms. The Bertz CT molecular complexity index is 706. The number of aromatic nitrogens is 2. The fourth-order valence-electron chi connectivity index (χ4n) is 3.13. The zero-order valence-electron chi connectivity index (χ0n) is 11.7. The smallest absolute Gasteiger partial charge is 0.178 e. The average Bonchev–Trinajstić information content (AvgIpc) is 2.66. The molecule has 0 aliphatic heterocycles. The zero-order valence-corrected chi connectivity index (χ0v) is 14.1. The summed E-state index contributed by atoms with van der Waals surface area (Å²) < 4.78 is 17.0. The maximum Gasteiger partial charge on any atom is 0.178 e. The van der Waals surface area contributed by atoms with Gasteiger partial charge in [-0.25, -0.2) is 4.39 Å². The summed E-state index contributed by atoms with van der Waals surface area (Å²) in [6, 6.07) is 3.76. The van der Waals surface area contributed by atoms with Gasteiger partial charge < -0.3 is 9.55 Å². The number of nitrogens with zero attached hydrogens (tertiary/aromatic N) is 1. The second-order valence-electron chi connectivity index (χ2n) is 6.48. The predicted molar refractivity (Wildman–Crippen MR) is 86.1 cm³/mol. The zero-order chi connectivity index (χ0) is 14.5. The average molecular weight is 357 g/mol. The van der Waals surface area contributed by atoms with E-state index in [2.05, 4.69) is 39.3 Å². The van der Waals surface area contributed by atoms with E-state index in [4.69, 9.17) is 12.2 Å². The molecule has 1 aromatic carbocycles. The van der Waals surface area contributed by atoms with Crippen LogP contribution in [-0.4, -0.2) is 9.55 Å². The number of rotatable bonds is 1. The fraction of sp³-hybridized carbons (Fsp3) is 0.533. The lowest BCUT2D eigenvalue weighted by Gasteiger charge is -2.35. The van der Waals surface area contributed by atoms with E-state index in [1.54, 1.807) is 0 Å². The van der Waals surface area contributed by atoms with Crippen molar-refractivity contribution in [2.45, 2.75) is 45.6 Å². The second-order valence-corrected chi connectivity index (χ2v) is 7.72. The summed E-state index contributed by atoms with van der Waals surface area (Å²) in [5.41, 5.74) is 2.20. The van der Waals surface area contributed by atoms with Crippen LogP contribution in [0.2, 0.25) is 0 Å². The van der Waals surface area contributed by atoms with Crippen molar-refractivity contribution in [2.75, 3.05) is 0 Å². The molecule has 108 valence electrons. The van der Waals surface area contributed by atoms with E-state index in [1.165, 1.54) is 18.9 Å². The third-order valence-electron chi connectivity index (χ3n) is 4.43. The Kier molecular flexibility index (Phi) is 3.53. The highest BCUT2D eigenvalue weighted by molar-refractivity contribution is 9.10. The Morgan fingerprint density at radius 2 is 2.00 bits per heavy atom. The van der Waals surface area contributed by atoms with Crippen molar-refractivity contribution in [3.63, 3.8) is 0 Å². The Balaban J connectivity index is 2.06. The van der Waals surface area contributed by atoms with Crippen molar-refractivity contribution in [3.8, 4) is 0 Å². The van der Waals surface area contributed by atoms with E-state index >= 15 is 0 Å². The first-order valence-electron chi connectivity index (χ1n) is 6.97. The summed E-state index contributed by atoms with van der Waals surface area (Å²) in [5.74, 6) is -0.259. The first-order chi connectivity index (χ1) is 9.37. The Labute approximate surface area is 131 Å². The second kappa shape index (κ2) is 4.95. The van der Waals surface area contributed by atoms with Crippen LogP contribution >= 0.6 is 28.1 Å². The maximum atomic E-state index is 13.6. The third-order valence-corrected chi connectivity index (χ3v) is 5.34. The molecule has 2 aromatic rings. The number of H-pyrrole nitrogens is 1. The summed E-state index contributed by atoms with van der Waals surface area (Å²) in [4.78, 5) is 3.13. The number of nitrogens with one attached hydrogen (secondary N) is 1. The first-order valence-corrected chi connectivity index (χ1v) is 8.17. The normalized spacial score (nSPS) is 19.6. The van der Waals surface area contributed by atoms with Crippen LogP contribution in [0.1, 0.15) is 45.6 Å². The topological polar surface area (TPSA) is 20.7 Å². The standard InChI is InChI=1S/C15H18BrFN2S/c1-15(2)5-3-9(4-6-15)19-13-7-10(16)11(17)8-12(13)18-14(19)20/h7-9H,3-6H2,1-2H3,(H,18,20). The van der Waals surface area contributed by atoms with Gasteiger partial charge in [0.15, 0.2) is 4.77 Å². The van der Waals surface area contributed by atoms with Gasteiger partial charge in [-0.2, -0.15) is 0 Å². The molecule has 1 saturated carbocycles. The van der Waals surface area contributed by atoms with Crippen LogP contribution in [-0.2, 0) is 0 Å². The molecule has 2 nitrogen and oxygen atoms in total. The summed E-state index contributed by atoms with van der Waals surface area (Å²) in [6.45, 7) is 4.65. The van der Waals surface area contributed by atoms with Crippen LogP contribution in [0.25, 0.3) is 11.0 Å². The number of halogens is 2. The molecule has 1 heterocycles. The molecule has 0 atom stereocenters. The Morgan fingerprint density at radius 3 is 2.65 bits per heavy atom. The number of fused-ring (bicyclic) bond motifs is 1. The minimum atomic E-state index is -0.259. The first kappa shape index (κ1) is 14.3. The number of hydrogen-bond acceptors (Lipinski definition) is 1. The molecule has 1 N–H and O–H groups in total. The molecular weight excluding hydrogens is 339 g/mol. The van der Waals surface area contributed by atoms with Crippen molar-refractivity contribution in [1.82, 2.24) is 9.55 Å². The summed E-state index contributed by atoms with van der Waals surface area (Å²) >= 11 is 8.71. The van der Waals surface area contributed by atoms with Gasteiger partial charge in [0.25, 0.3) is 0 Å². The van der Waals surface area contributed by atoms with Crippen LogP contribution in [0.3, 0.4) is 0 Å². The van der Waals surface area contributed by atoms with E-state index in [-0.39, 0.29) is 5.82 Å². The van der Waals surface area contributed by atoms with E-state index in [9.17, 15) is 4.39 Å². The highest BCUT2D eigenvalue weighted by Gasteiger charge is 2.28. The van der Waals surface area contributed by atoms with E-state index < -0.39 is 0 Å². The SMILES string of the molecule is CC1(C)CCC(n2c(=S)[nH]c3cc(F)c(Br)cc32)CC1. The third kappa shape index (κ3) is 2.46. The Hall–Kier alpha value is -0.680. The van der Waals surface area contributed by atoms with Gasteiger partial charge in [0.05, 0.1) is 15.5 Å². The molecule has 3 rings (SSSR count). The summed E-state index contributed by atoms with van der Waals surface area (Å²) in [6.07, 6.45) is 4.66. The molecular formula is C15H18BrFN2S. The molecule has 0 saturated heterocycles. The number of benzene rings is 1. The van der Waals surface area contributed by atoms with Crippen molar-refractivity contribution >= 4 is 39.2 Å². The lowest BCUT2D eigenvalue weighted by molar-refractivity contribution is 0.195. The molecule has 1 aliphatic carbocycles. The highest BCUT2D eigenvalue weighted by atomic mass is 79.9. The van der Waals surface area contributed by atoms with Gasteiger partial charge in [0, 0.05) is 12.1 Å². The molecule has 1 fully saturated rings. The van der Waals surface area contributed by atoms with Gasteiger partial charge in [0.2, 0.25) is 0 Å². The van der Waals surface area contributed by atoms with Gasteiger partial charge in [-0.15, -0.1) is 0 Å². The molecule has 20 heavy (non-hydrogen) atoms. The maximum absolute atomic E-state index is 13.6. The van der Waals surface area contributed by atoms with Crippen LogP contribution in [0.4, 0.5) is 4.39 Å². The quantitative estimate of drug-likeness (QED) is 0.645. The van der Waals surface area contributed by atoms with E-state index in [1.807, 2.05) is 6.07 Å². The minimum Gasteiger partial charge on any atom is -0.330 e. The molecule has 1 aromatic heterocycles. The van der Waals surface area contributed by atoms with E-state index in [0.29, 0.717) is 20.7 Å². The Morgan fingerprint density at radius 1 is 1.35 bits per heavy atom. The van der Waals surface area contributed by atoms with Gasteiger partial charge >= 0.3 is 0 Å². The molecule has 0 bridgehead atoms. The van der Waals surface area contributed by atoms with Gasteiger partial charge in [-0.05, 0) is 65.3 Å². The van der Waals surface area contributed by atoms with Gasteiger partial charge in [-0.1, -0.05) is 13.8 Å². The summed E-state index contributed by atoms with van der Waals surface area (Å²) in [7, 11) is 0. The highest BCUT2D eigenvalue weighted by Crippen LogP contribution is 2.41. The largest absolute Gasteiger partial charge is 0.330 e. The molecule has 0 spiro atoms. The van der Waals surface area contributed by atoms with Crippen LogP contribution in [0.15, 0.2) is 16.6 Å². The minimum absolute atomic E-state index is 0.259. The van der Waals surface area contributed by atoms with E-state index in [0.717, 1.165) is 23.9 Å². The monoisotopic (exact) mass is 356 g/mol. The van der Waals surface area contributed by atoms with Crippen LogP contribution < -0.4 is 0 Å².